The highest BCUT2D eigenvalue weighted by Gasteiger charge is 2.19. The molecule has 1 N–H and O–H groups in total. The highest BCUT2D eigenvalue weighted by Crippen LogP contribution is 2.26. The Labute approximate surface area is 105 Å². The number of anilines is 1. The number of aromatic nitrogens is 2. The van der Waals surface area contributed by atoms with Crippen molar-refractivity contribution >= 4 is 22.1 Å². The van der Waals surface area contributed by atoms with Crippen LogP contribution in [0.1, 0.15) is 31.4 Å². The van der Waals surface area contributed by atoms with Crippen LogP contribution in [0.15, 0.2) is 11.6 Å². The molecule has 0 aromatic carbocycles. The van der Waals surface area contributed by atoms with E-state index in [0.29, 0.717) is 0 Å². The van der Waals surface area contributed by atoms with E-state index in [1.165, 1.54) is 25.7 Å². The molecule has 2 aromatic heterocycles. The van der Waals surface area contributed by atoms with Crippen LogP contribution < -0.4 is 4.90 Å². The molecule has 3 rings (SSSR count). The summed E-state index contributed by atoms with van der Waals surface area (Å²) >= 11 is 1.62. The van der Waals surface area contributed by atoms with E-state index in [1.807, 2.05) is 16.0 Å². The highest BCUT2D eigenvalue weighted by atomic mass is 32.1. The summed E-state index contributed by atoms with van der Waals surface area (Å²) in [6.45, 7) is 2.19. The SMILES string of the molecule is OCc1c(N2CCCCCC2)nc2sccn12. The first-order valence-electron chi connectivity index (χ1n) is 6.20. The third-order valence-electron chi connectivity index (χ3n) is 3.40. The molecule has 2 aromatic rings. The molecule has 0 bridgehead atoms. The van der Waals surface area contributed by atoms with Crippen molar-refractivity contribution in [3.63, 3.8) is 0 Å². The third kappa shape index (κ3) is 1.93. The molecule has 5 heteroatoms. The van der Waals surface area contributed by atoms with E-state index in [9.17, 15) is 5.11 Å². The van der Waals surface area contributed by atoms with Gasteiger partial charge in [-0.25, -0.2) is 4.98 Å². The molecule has 0 atom stereocenters. The number of hydrogen-bond acceptors (Lipinski definition) is 4. The van der Waals surface area contributed by atoms with Gasteiger partial charge in [0.25, 0.3) is 0 Å². The van der Waals surface area contributed by atoms with E-state index in [2.05, 4.69) is 9.88 Å². The number of rotatable bonds is 2. The zero-order valence-electron chi connectivity index (χ0n) is 9.80. The van der Waals surface area contributed by atoms with Crippen molar-refractivity contribution in [1.82, 2.24) is 9.38 Å². The summed E-state index contributed by atoms with van der Waals surface area (Å²) in [6.07, 6.45) is 7.08. The summed E-state index contributed by atoms with van der Waals surface area (Å²) in [7, 11) is 0. The van der Waals surface area contributed by atoms with E-state index < -0.39 is 0 Å². The molecule has 0 radical (unpaired) electrons. The van der Waals surface area contributed by atoms with Gasteiger partial charge in [-0.3, -0.25) is 4.40 Å². The van der Waals surface area contributed by atoms with E-state index >= 15 is 0 Å². The third-order valence-corrected chi connectivity index (χ3v) is 4.15. The quantitative estimate of drug-likeness (QED) is 0.890. The number of fused-ring (bicyclic) bond motifs is 1. The fourth-order valence-electron chi connectivity index (χ4n) is 2.50. The first-order valence-corrected chi connectivity index (χ1v) is 7.08. The van der Waals surface area contributed by atoms with Gasteiger partial charge >= 0.3 is 0 Å². The average molecular weight is 251 g/mol. The Morgan fingerprint density at radius 2 is 2.00 bits per heavy atom. The van der Waals surface area contributed by atoms with Crippen LogP contribution in [-0.2, 0) is 6.61 Å². The number of aliphatic hydroxyl groups excluding tert-OH is 1. The molecule has 0 aliphatic carbocycles. The minimum absolute atomic E-state index is 0.0593. The van der Waals surface area contributed by atoms with Crippen molar-refractivity contribution in [2.75, 3.05) is 18.0 Å². The molecule has 1 fully saturated rings. The molecule has 17 heavy (non-hydrogen) atoms. The van der Waals surface area contributed by atoms with Gasteiger partial charge in [-0.15, -0.1) is 11.3 Å². The molecule has 92 valence electrons. The minimum Gasteiger partial charge on any atom is -0.390 e. The van der Waals surface area contributed by atoms with Gasteiger partial charge in [0.05, 0.1) is 12.3 Å². The van der Waals surface area contributed by atoms with Gasteiger partial charge < -0.3 is 10.0 Å². The maximum absolute atomic E-state index is 9.54. The van der Waals surface area contributed by atoms with Gasteiger partial charge in [0.15, 0.2) is 10.8 Å². The van der Waals surface area contributed by atoms with Crippen LogP contribution in [0.3, 0.4) is 0 Å². The number of aliphatic hydroxyl groups is 1. The fraction of sp³-hybridized carbons (Fsp3) is 0.583. The molecule has 1 aliphatic rings. The Hall–Kier alpha value is -1.07. The number of hydrogen-bond donors (Lipinski definition) is 1. The van der Waals surface area contributed by atoms with Crippen molar-refractivity contribution in [3.05, 3.63) is 17.3 Å². The summed E-state index contributed by atoms with van der Waals surface area (Å²) in [6, 6.07) is 0. The summed E-state index contributed by atoms with van der Waals surface area (Å²) in [5.74, 6) is 0.987. The topological polar surface area (TPSA) is 40.8 Å². The van der Waals surface area contributed by atoms with Crippen molar-refractivity contribution in [2.24, 2.45) is 0 Å². The van der Waals surface area contributed by atoms with E-state index in [0.717, 1.165) is 29.6 Å². The monoisotopic (exact) mass is 251 g/mol. The normalized spacial score (nSPS) is 17.6. The molecule has 0 amide bonds. The zero-order valence-corrected chi connectivity index (χ0v) is 10.6. The van der Waals surface area contributed by atoms with Gasteiger partial charge in [-0.1, -0.05) is 12.8 Å². The van der Waals surface area contributed by atoms with Crippen LogP contribution in [0, 0.1) is 0 Å². The lowest BCUT2D eigenvalue weighted by Crippen LogP contribution is -2.25. The lowest BCUT2D eigenvalue weighted by Gasteiger charge is -2.20. The van der Waals surface area contributed by atoms with Crippen molar-refractivity contribution < 1.29 is 5.11 Å². The lowest BCUT2D eigenvalue weighted by molar-refractivity contribution is 0.276. The van der Waals surface area contributed by atoms with E-state index in [1.54, 1.807) is 11.3 Å². The van der Waals surface area contributed by atoms with Gasteiger partial charge in [0.2, 0.25) is 0 Å². The van der Waals surface area contributed by atoms with Crippen LogP contribution in [0.2, 0.25) is 0 Å². The molecule has 0 saturated carbocycles. The second-order valence-electron chi connectivity index (χ2n) is 4.50. The predicted octanol–water partition coefficient (Wildman–Crippen LogP) is 2.27. The molecule has 1 aliphatic heterocycles. The fourth-order valence-corrected chi connectivity index (χ4v) is 3.23. The molecule has 3 heterocycles. The Morgan fingerprint density at radius 3 is 2.71 bits per heavy atom. The smallest absolute Gasteiger partial charge is 0.195 e. The number of nitrogens with zero attached hydrogens (tertiary/aromatic N) is 3. The van der Waals surface area contributed by atoms with Gasteiger partial charge in [0, 0.05) is 24.7 Å². The number of imidazole rings is 1. The van der Waals surface area contributed by atoms with Crippen LogP contribution in [-0.4, -0.2) is 27.6 Å². The summed E-state index contributed by atoms with van der Waals surface area (Å²) in [5, 5.41) is 11.5. The van der Waals surface area contributed by atoms with E-state index in [4.69, 9.17) is 0 Å². The van der Waals surface area contributed by atoms with Crippen LogP contribution >= 0.6 is 11.3 Å². The molecular weight excluding hydrogens is 234 g/mol. The summed E-state index contributed by atoms with van der Waals surface area (Å²) in [5.41, 5.74) is 0.933. The summed E-state index contributed by atoms with van der Waals surface area (Å²) in [4.78, 5) is 7.97. The second kappa shape index (κ2) is 4.66. The average Bonchev–Trinajstić information content (AvgIpc) is 2.80. The van der Waals surface area contributed by atoms with E-state index in [-0.39, 0.29) is 6.61 Å². The molecule has 0 unspecified atom stereocenters. The maximum Gasteiger partial charge on any atom is 0.195 e. The number of thiazole rings is 1. The van der Waals surface area contributed by atoms with Crippen molar-refractivity contribution in [3.8, 4) is 0 Å². The van der Waals surface area contributed by atoms with Crippen molar-refractivity contribution in [1.29, 1.82) is 0 Å². The second-order valence-corrected chi connectivity index (χ2v) is 5.37. The summed E-state index contributed by atoms with van der Waals surface area (Å²) < 4.78 is 2.00. The van der Waals surface area contributed by atoms with Gasteiger partial charge in [-0.05, 0) is 12.8 Å². The largest absolute Gasteiger partial charge is 0.390 e. The molecule has 1 saturated heterocycles. The molecular formula is C12H17N3OS. The minimum atomic E-state index is 0.0593. The van der Waals surface area contributed by atoms with Gasteiger partial charge in [0.1, 0.15) is 0 Å². The first-order chi connectivity index (χ1) is 8.40. The zero-order chi connectivity index (χ0) is 11.7. The van der Waals surface area contributed by atoms with Gasteiger partial charge in [-0.2, -0.15) is 0 Å². The lowest BCUT2D eigenvalue weighted by atomic mass is 10.2. The molecule has 0 spiro atoms. The van der Waals surface area contributed by atoms with Crippen LogP contribution in [0.25, 0.3) is 4.96 Å². The first kappa shape index (κ1) is 11.0. The Kier molecular flexibility index (Phi) is 3.03. The van der Waals surface area contributed by atoms with Crippen molar-refractivity contribution in [2.45, 2.75) is 32.3 Å². The van der Waals surface area contributed by atoms with Crippen LogP contribution in [0.5, 0.6) is 0 Å². The standard InChI is InChI=1S/C12H17N3OS/c16-9-10-11(13-12-15(10)7-8-17-12)14-5-3-1-2-4-6-14/h7-8,16H,1-6,9H2. The Bertz CT molecular complexity index is 497. The molecule has 4 nitrogen and oxygen atoms in total. The highest BCUT2D eigenvalue weighted by molar-refractivity contribution is 7.15. The predicted molar refractivity (Wildman–Crippen MR) is 69.7 cm³/mol. The maximum atomic E-state index is 9.54. The Balaban J connectivity index is 1.99. The van der Waals surface area contributed by atoms with Crippen LogP contribution in [0.4, 0.5) is 5.82 Å². The Morgan fingerprint density at radius 1 is 1.24 bits per heavy atom.